The van der Waals surface area contributed by atoms with Crippen LogP contribution < -0.4 is 22.9 Å². The molecule has 5 aromatic carbocycles. The maximum atomic E-state index is 6.12. The number of nitrogens with two attached hydrogens (primary N) is 4. The van der Waals surface area contributed by atoms with Crippen LogP contribution in [-0.2, 0) is 6.42 Å². The van der Waals surface area contributed by atoms with Gasteiger partial charge in [-0.05, 0) is 139 Å². The quantitative estimate of drug-likeness (QED) is 0.163. The highest BCUT2D eigenvalue weighted by Gasteiger charge is 2.38. The van der Waals surface area contributed by atoms with E-state index in [1.165, 1.54) is 50.1 Å². The van der Waals surface area contributed by atoms with Crippen molar-refractivity contribution < 1.29 is 0 Å². The Bertz CT molecular complexity index is 2070. The van der Waals surface area contributed by atoms with Crippen LogP contribution in [0.2, 0.25) is 0 Å². The lowest BCUT2D eigenvalue weighted by atomic mass is 9.64. The van der Waals surface area contributed by atoms with Gasteiger partial charge in [-0.25, -0.2) is 0 Å². The molecule has 0 spiro atoms. The summed E-state index contributed by atoms with van der Waals surface area (Å²) in [6, 6.07) is 35.3. The molecule has 0 aromatic heterocycles. The van der Waals surface area contributed by atoms with E-state index >= 15 is 0 Å². The van der Waals surface area contributed by atoms with E-state index in [0.29, 0.717) is 0 Å². The summed E-state index contributed by atoms with van der Waals surface area (Å²) in [6.07, 6.45) is 10.2. The van der Waals surface area contributed by atoms with Crippen LogP contribution in [0.5, 0.6) is 0 Å². The van der Waals surface area contributed by atoms with E-state index in [0.717, 1.165) is 51.4 Å². The molecule has 44 heavy (non-hydrogen) atoms. The van der Waals surface area contributed by atoms with Gasteiger partial charge in [-0.2, -0.15) is 0 Å². The Morgan fingerprint density at radius 3 is 1.59 bits per heavy atom. The third kappa shape index (κ3) is 4.15. The second-order valence-electron chi connectivity index (χ2n) is 11.8. The fourth-order valence-corrected chi connectivity index (χ4v) is 7.04. The van der Waals surface area contributed by atoms with E-state index in [1.807, 2.05) is 48.5 Å². The predicted octanol–water partition coefficient (Wildman–Crippen LogP) is 8.49. The first-order valence-electron chi connectivity index (χ1n) is 14.9. The summed E-state index contributed by atoms with van der Waals surface area (Å²) in [5, 5.41) is 0. The molecule has 0 aliphatic heterocycles. The molecule has 212 valence electrons. The molecule has 0 radical (unpaired) electrons. The molecule has 4 nitrogen and oxygen atoms in total. The summed E-state index contributed by atoms with van der Waals surface area (Å²) >= 11 is 0. The summed E-state index contributed by atoms with van der Waals surface area (Å²) in [7, 11) is 0. The Labute approximate surface area is 257 Å². The Hall–Kier alpha value is -5.74. The van der Waals surface area contributed by atoms with Gasteiger partial charge in [-0.3, -0.25) is 0 Å². The summed E-state index contributed by atoms with van der Waals surface area (Å²) < 4.78 is 0. The Balaban J connectivity index is 1.44. The first kappa shape index (κ1) is 25.9. The van der Waals surface area contributed by atoms with Crippen molar-refractivity contribution in [1.29, 1.82) is 0 Å². The minimum absolute atomic E-state index is 0.0742. The Kier molecular flexibility index (Phi) is 5.85. The lowest BCUT2D eigenvalue weighted by molar-refractivity contribution is 0.903. The molecule has 3 aliphatic carbocycles. The van der Waals surface area contributed by atoms with E-state index in [9.17, 15) is 0 Å². The van der Waals surface area contributed by atoms with E-state index in [2.05, 4.69) is 78.9 Å². The van der Waals surface area contributed by atoms with Gasteiger partial charge in [0, 0.05) is 28.7 Å². The minimum atomic E-state index is 0.0742. The Morgan fingerprint density at radius 2 is 1.02 bits per heavy atom. The first-order chi connectivity index (χ1) is 21.4. The van der Waals surface area contributed by atoms with Crippen LogP contribution in [0.15, 0.2) is 133 Å². The molecule has 0 bridgehead atoms. The highest BCUT2D eigenvalue weighted by Crippen LogP contribution is 2.56. The lowest BCUT2D eigenvalue weighted by Gasteiger charge is -2.39. The average molecular weight is 569 g/mol. The van der Waals surface area contributed by atoms with Gasteiger partial charge in [0.15, 0.2) is 0 Å². The van der Waals surface area contributed by atoms with Gasteiger partial charge >= 0.3 is 0 Å². The third-order valence-corrected chi connectivity index (χ3v) is 9.18. The SMILES string of the molecule is Nc1ccc(C2=CC(c3ccc(N)cc3)=C3C=Cc4c(-c5ccc(N)cc5)cc(-c5ccc(N)cc5)c5c4C3C2=CC5)cc1. The first-order valence-corrected chi connectivity index (χ1v) is 14.9. The fourth-order valence-electron chi connectivity index (χ4n) is 7.04. The number of benzene rings is 5. The van der Waals surface area contributed by atoms with E-state index < -0.39 is 0 Å². The van der Waals surface area contributed by atoms with Gasteiger partial charge in [0.2, 0.25) is 0 Å². The minimum Gasteiger partial charge on any atom is -0.399 e. The van der Waals surface area contributed by atoms with E-state index in [4.69, 9.17) is 22.9 Å². The number of hydrogen-bond donors (Lipinski definition) is 4. The van der Waals surface area contributed by atoms with Gasteiger partial charge in [0.1, 0.15) is 0 Å². The largest absolute Gasteiger partial charge is 0.399 e. The van der Waals surface area contributed by atoms with Crippen molar-refractivity contribution in [2.45, 2.75) is 12.3 Å². The molecule has 0 saturated carbocycles. The molecule has 0 fully saturated rings. The van der Waals surface area contributed by atoms with Crippen LogP contribution in [0, 0.1) is 0 Å². The van der Waals surface area contributed by atoms with Crippen LogP contribution in [0.3, 0.4) is 0 Å². The van der Waals surface area contributed by atoms with Crippen molar-refractivity contribution in [2.75, 3.05) is 22.9 Å². The number of hydrogen-bond acceptors (Lipinski definition) is 4. The van der Waals surface area contributed by atoms with Crippen LogP contribution in [-0.4, -0.2) is 0 Å². The molecular weight excluding hydrogens is 536 g/mol. The average Bonchev–Trinajstić information content (AvgIpc) is 3.05. The number of nitrogen functional groups attached to an aromatic ring is 4. The molecular formula is C40H32N4. The summed E-state index contributed by atoms with van der Waals surface area (Å²) in [4.78, 5) is 0. The van der Waals surface area contributed by atoms with E-state index in [-0.39, 0.29) is 5.92 Å². The smallest absolute Gasteiger partial charge is 0.0358 e. The van der Waals surface area contributed by atoms with Crippen molar-refractivity contribution >= 4 is 40.0 Å². The summed E-state index contributed by atoms with van der Waals surface area (Å²) in [6.45, 7) is 0. The monoisotopic (exact) mass is 568 g/mol. The van der Waals surface area contributed by atoms with Crippen molar-refractivity contribution in [3.8, 4) is 22.3 Å². The molecule has 0 saturated heterocycles. The lowest BCUT2D eigenvalue weighted by Crippen LogP contribution is -2.22. The topological polar surface area (TPSA) is 104 Å². The highest BCUT2D eigenvalue weighted by atomic mass is 14.6. The van der Waals surface area contributed by atoms with Crippen LogP contribution in [0.25, 0.3) is 39.5 Å². The highest BCUT2D eigenvalue weighted by molar-refractivity contribution is 6.01. The second kappa shape index (κ2) is 9.92. The molecule has 4 heteroatoms. The fraction of sp³-hybridized carbons (Fsp3) is 0.0500. The standard InChI is InChI=1S/C40H32N4/c41-27-9-1-23(2-10-27)35-21-36(24-3-11-28(42)12-4-24)32-19-20-34-38(26-7-15-30(44)16-8-26)22-37(25-5-13-29(43)14-6-25)33-18-17-31(35)39(32)40(33)34/h1-19,21-22,39H,20,41-44H2. The van der Waals surface area contributed by atoms with Gasteiger partial charge in [-0.1, -0.05) is 66.8 Å². The van der Waals surface area contributed by atoms with Crippen molar-refractivity contribution in [2.24, 2.45) is 0 Å². The molecule has 1 unspecified atom stereocenters. The van der Waals surface area contributed by atoms with Crippen LogP contribution in [0.1, 0.15) is 33.7 Å². The van der Waals surface area contributed by atoms with E-state index in [1.54, 1.807) is 0 Å². The van der Waals surface area contributed by atoms with Crippen molar-refractivity contribution in [3.63, 3.8) is 0 Å². The molecule has 0 heterocycles. The zero-order valence-corrected chi connectivity index (χ0v) is 24.2. The third-order valence-electron chi connectivity index (χ3n) is 9.18. The molecule has 0 amide bonds. The molecule has 3 aliphatic rings. The summed E-state index contributed by atoms with van der Waals surface area (Å²) in [5.41, 5.74) is 43.6. The maximum Gasteiger partial charge on any atom is 0.0358 e. The summed E-state index contributed by atoms with van der Waals surface area (Å²) in [5.74, 6) is 0.0742. The molecule has 8 N–H and O–H groups in total. The van der Waals surface area contributed by atoms with Crippen molar-refractivity contribution in [3.05, 3.63) is 160 Å². The maximum absolute atomic E-state index is 6.12. The van der Waals surface area contributed by atoms with Crippen LogP contribution >= 0.6 is 0 Å². The van der Waals surface area contributed by atoms with Gasteiger partial charge in [-0.15, -0.1) is 0 Å². The molecule has 8 rings (SSSR count). The number of anilines is 4. The number of rotatable bonds is 4. The normalized spacial score (nSPS) is 16.3. The zero-order valence-electron chi connectivity index (χ0n) is 24.2. The van der Waals surface area contributed by atoms with Gasteiger partial charge < -0.3 is 22.9 Å². The van der Waals surface area contributed by atoms with Gasteiger partial charge in [0.05, 0.1) is 0 Å². The predicted molar refractivity (Wildman–Crippen MR) is 186 cm³/mol. The number of allylic oxidation sites excluding steroid dienone is 7. The molecule has 1 atom stereocenters. The zero-order chi connectivity index (χ0) is 29.9. The van der Waals surface area contributed by atoms with Crippen molar-refractivity contribution in [1.82, 2.24) is 0 Å². The van der Waals surface area contributed by atoms with Gasteiger partial charge in [0.25, 0.3) is 0 Å². The second-order valence-corrected chi connectivity index (χ2v) is 11.8. The Morgan fingerprint density at radius 1 is 0.523 bits per heavy atom. The molecule has 5 aromatic rings. The van der Waals surface area contributed by atoms with Crippen LogP contribution in [0.4, 0.5) is 22.7 Å².